The summed E-state index contributed by atoms with van der Waals surface area (Å²) in [4.78, 5) is 13.3. The zero-order chi connectivity index (χ0) is 17.7. The molecule has 0 aliphatic carbocycles. The summed E-state index contributed by atoms with van der Waals surface area (Å²) < 4.78 is 6.22. The van der Waals surface area contributed by atoms with Crippen LogP contribution >= 0.6 is 11.6 Å². The second kappa shape index (κ2) is 5.72. The van der Waals surface area contributed by atoms with Gasteiger partial charge in [0, 0.05) is 10.6 Å². The Morgan fingerprint density at radius 3 is 2.27 bits per heavy atom. The van der Waals surface area contributed by atoms with Crippen molar-refractivity contribution in [3.63, 3.8) is 0 Å². The number of fused-ring (bicyclic) bond motifs is 4. The molecule has 0 atom stereocenters. The highest BCUT2D eigenvalue weighted by Gasteiger charge is 2.16. The van der Waals surface area contributed by atoms with Crippen molar-refractivity contribution in [2.24, 2.45) is 0 Å². The van der Waals surface area contributed by atoms with Crippen molar-refractivity contribution in [2.45, 2.75) is 0 Å². The lowest BCUT2D eigenvalue weighted by Gasteiger charge is -2.11. The minimum atomic E-state index is -0.00568. The maximum absolute atomic E-state index is 13.3. The molecule has 0 amide bonds. The minimum absolute atomic E-state index is 0.00568. The first-order valence-corrected chi connectivity index (χ1v) is 8.73. The van der Waals surface area contributed by atoms with Gasteiger partial charge in [0.25, 0.3) is 0 Å². The van der Waals surface area contributed by atoms with Crippen molar-refractivity contribution in [3.05, 3.63) is 94.1 Å². The van der Waals surface area contributed by atoms with Gasteiger partial charge in [0.2, 0.25) is 5.43 Å². The Labute approximate surface area is 154 Å². The summed E-state index contributed by atoms with van der Waals surface area (Å²) >= 11 is 6.04. The van der Waals surface area contributed by atoms with Crippen LogP contribution < -0.4 is 5.43 Å². The third kappa shape index (κ3) is 2.23. The smallest absolute Gasteiger partial charge is 0.201 e. The number of benzene rings is 4. The second-order valence-corrected chi connectivity index (χ2v) is 6.72. The third-order valence-electron chi connectivity index (χ3n) is 4.73. The summed E-state index contributed by atoms with van der Waals surface area (Å²) in [6.07, 6.45) is 0. The molecule has 0 radical (unpaired) electrons. The van der Waals surface area contributed by atoms with Crippen LogP contribution in [-0.2, 0) is 0 Å². The monoisotopic (exact) mass is 356 g/mol. The molecule has 3 heteroatoms. The van der Waals surface area contributed by atoms with Gasteiger partial charge in [-0.3, -0.25) is 4.79 Å². The molecule has 0 saturated heterocycles. The molecule has 124 valence electrons. The van der Waals surface area contributed by atoms with Gasteiger partial charge in [-0.05, 0) is 46.7 Å². The van der Waals surface area contributed by atoms with Crippen LogP contribution in [0.5, 0.6) is 0 Å². The van der Waals surface area contributed by atoms with Crippen molar-refractivity contribution >= 4 is 44.3 Å². The van der Waals surface area contributed by atoms with E-state index >= 15 is 0 Å². The van der Waals surface area contributed by atoms with E-state index in [1.165, 1.54) is 0 Å². The van der Waals surface area contributed by atoms with Crippen LogP contribution in [0.3, 0.4) is 0 Å². The highest BCUT2D eigenvalue weighted by atomic mass is 35.5. The molecule has 0 saturated carbocycles. The van der Waals surface area contributed by atoms with Crippen LogP contribution in [0.15, 0.2) is 88.1 Å². The Kier molecular flexibility index (Phi) is 3.34. The second-order valence-electron chi connectivity index (χ2n) is 6.28. The predicted molar refractivity (Wildman–Crippen MR) is 108 cm³/mol. The van der Waals surface area contributed by atoms with E-state index in [0.717, 1.165) is 21.9 Å². The molecule has 0 aliphatic heterocycles. The van der Waals surface area contributed by atoms with Crippen LogP contribution in [0.4, 0.5) is 0 Å². The Bertz CT molecular complexity index is 1350. The van der Waals surface area contributed by atoms with Gasteiger partial charge in [-0.1, -0.05) is 60.1 Å². The largest absolute Gasteiger partial charge is 0.455 e. The fourth-order valence-electron chi connectivity index (χ4n) is 3.49. The van der Waals surface area contributed by atoms with Gasteiger partial charge in [0.15, 0.2) is 0 Å². The lowest BCUT2D eigenvalue weighted by molar-refractivity contribution is 0.661. The molecule has 0 spiro atoms. The number of hydrogen-bond donors (Lipinski definition) is 0. The van der Waals surface area contributed by atoms with E-state index in [0.29, 0.717) is 27.0 Å². The maximum atomic E-state index is 13.3. The average Bonchev–Trinajstić information content (AvgIpc) is 2.68. The Balaban J connectivity index is 2.04. The normalized spacial score (nSPS) is 11.4. The van der Waals surface area contributed by atoms with Crippen LogP contribution in [0, 0.1) is 0 Å². The highest BCUT2D eigenvalue weighted by Crippen LogP contribution is 2.35. The van der Waals surface area contributed by atoms with Crippen molar-refractivity contribution in [1.82, 2.24) is 0 Å². The number of halogens is 1. The minimum Gasteiger partial charge on any atom is -0.455 e. The lowest BCUT2D eigenvalue weighted by atomic mass is 9.96. The molecule has 5 aromatic rings. The summed E-state index contributed by atoms with van der Waals surface area (Å²) in [6.45, 7) is 0. The zero-order valence-corrected chi connectivity index (χ0v) is 14.5. The van der Waals surface area contributed by atoms with Gasteiger partial charge in [0.05, 0.1) is 10.8 Å². The number of hydrogen-bond acceptors (Lipinski definition) is 2. The zero-order valence-electron chi connectivity index (χ0n) is 13.7. The van der Waals surface area contributed by atoms with Crippen LogP contribution in [-0.4, -0.2) is 0 Å². The molecule has 0 aliphatic rings. The summed E-state index contributed by atoms with van der Waals surface area (Å²) in [5.41, 5.74) is 3.04. The molecule has 2 nitrogen and oxygen atoms in total. The van der Waals surface area contributed by atoms with E-state index < -0.39 is 0 Å². The fourth-order valence-corrected chi connectivity index (χ4v) is 3.62. The molecule has 1 heterocycles. The molecular weight excluding hydrogens is 344 g/mol. The van der Waals surface area contributed by atoms with Gasteiger partial charge in [-0.15, -0.1) is 0 Å². The van der Waals surface area contributed by atoms with Crippen molar-refractivity contribution in [1.29, 1.82) is 0 Å². The van der Waals surface area contributed by atoms with Crippen LogP contribution in [0.2, 0.25) is 5.02 Å². The fraction of sp³-hybridized carbons (Fsp3) is 0. The molecule has 1 aromatic heterocycles. The molecular formula is C23H13ClO2. The van der Waals surface area contributed by atoms with Gasteiger partial charge < -0.3 is 4.42 Å². The van der Waals surface area contributed by atoms with Crippen LogP contribution in [0.25, 0.3) is 43.8 Å². The predicted octanol–water partition coefficient (Wildman–Crippen LogP) is 6.42. The van der Waals surface area contributed by atoms with Crippen LogP contribution in [0.1, 0.15) is 0 Å². The topological polar surface area (TPSA) is 30.2 Å². The lowest BCUT2D eigenvalue weighted by Crippen LogP contribution is -2.03. The molecule has 5 rings (SSSR count). The molecule has 26 heavy (non-hydrogen) atoms. The Hall–Kier alpha value is -3.10. The van der Waals surface area contributed by atoms with E-state index in [1.807, 2.05) is 72.8 Å². The highest BCUT2D eigenvalue weighted by molar-refractivity contribution is 6.30. The standard InChI is InChI=1S/C23H13ClO2/c24-16-11-9-14(10-12-16)19-13-15-5-1-2-6-17(15)21-22(25)18-7-3-4-8-20(18)26-23(19)21/h1-13H. The van der Waals surface area contributed by atoms with E-state index in [-0.39, 0.29) is 5.43 Å². The number of para-hydroxylation sites is 1. The van der Waals surface area contributed by atoms with Gasteiger partial charge in [-0.2, -0.15) is 0 Å². The molecule has 4 aromatic carbocycles. The van der Waals surface area contributed by atoms with Gasteiger partial charge in [-0.25, -0.2) is 0 Å². The first kappa shape index (κ1) is 15.2. The molecule has 0 fully saturated rings. The van der Waals surface area contributed by atoms with Crippen molar-refractivity contribution in [2.75, 3.05) is 0 Å². The number of rotatable bonds is 1. The molecule has 0 unspecified atom stereocenters. The SMILES string of the molecule is O=c1c2ccccc2oc2c(-c3ccc(Cl)cc3)cc3ccccc3c12. The van der Waals surface area contributed by atoms with E-state index in [1.54, 1.807) is 0 Å². The van der Waals surface area contributed by atoms with E-state index in [2.05, 4.69) is 6.07 Å². The Morgan fingerprint density at radius 1 is 0.769 bits per heavy atom. The first-order chi connectivity index (χ1) is 12.7. The quantitative estimate of drug-likeness (QED) is 0.256. The summed E-state index contributed by atoms with van der Waals surface area (Å²) in [5, 5.41) is 3.79. The van der Waals surface area contributed by atoms with Gasteiger partial charge >= 0.3 is 0 Å². The molecule has 0 bridgehead atoms. The van der Waals surface area contributed by atoms with Crippen molar-refractivity contribution in [3.8, 4) is 11.1 Å². The molecule has 0 N–H and O–H groups in total. The van der Waals surface area contributed by atoms with Gasteiger partial charge in [0.1, 0.15) is 11.2 Å². The Morgan fingerprint density at radius 2 is 1.46 bits per heavy atom. The third-order valence-corrected chi connectivity index (χ3v) is 4.98. The van der Waals surface area contributed by atoms with E-state index in [9.17, 15) is 4.79 Å². The first-order valence-electron chi connectivity index (χ1n) is 8.35. The van der Waals surface area contributed by atoms with E-state index in [4.69, 9.17) is 16.0 Å². The average molecular weight is 357 g/mol. The summed E-state index contributed by atoms with van der Waals surface area (Å²) in [5.74, 6) is 0. The summed E-state index contributed by atoms with van der Waals surface area (Å²) in [6, 6.07) is 24.9. The maximum Gasteiger partial charge on any atom is 0.201 e. The summed E-state index contributed by atoms with van der Waals surface area (Å²) in [7, 11) is 0. The van der Waals surface area contributed by atoms with Crippen molar-refractivity contribution < 1.29 is 4.42 Å².